The number of rotatable bonds is 5. The number of anilines is 2. The molecular formula is C13H16N4O2S. The molecule has 2 heterocycles. The lowest BCUT2D eigenvalue weighted by Crippen LogP contribution is -2.17. The average molecular weight is 292 g/mol. The summed E-state index contributed by atoms with van der Waals surface area (Å²) in [5.41, 5.74) is 1.53. The summed E-state index contributed by atoms with van der Waals surface area (Å²) in [5, 5.41) is 2.96. The highest BCUT2D eigenvalue weighted by atomic mass is 32.2. The van der Waals surface area contributed by atoms with Crippen LogP contribution in [0, 0.1) is 6.92 Å². The maximum absolute atomic E-state index is 12.4. The van der Waals surface area contributed by atoms with Crippen LogP contribution in [0.15, 0.2) is 41.7 Å². The first-order valence-electron chi connectivity index (χ1n) is 6.18. The van der Waals surface area contributed by atoms with E-state index in [1.165, 1.54) is 6.20 Å². The molecule has 0 aliphatic carbocycles. The Bertz CT molecular complexity index is 701. The topological polar surface area (TPSA) is 84.0 Å². The second kappa shape index (κ2) is 5.87. The van der Waals surface area contributed by atoms with E-state index in [0.29, 0.717) is 23.6 Å². The van der Waals surface area contributed by atoms with Crippen LogP contribution in [0.3, 0.4) is 0 Å². The molecule has 0 fully saturated rings. The molecule has 0 aromatic carbocycles. The van der Waals surface area contributed by atoms with Crippen LogP contribution in [0.1, 0.15) is 12.6 Å². The molecule has 0 unspecified atom stereocenters. The molecule has 6 nitrogen and oxygen atoms in total. The molecule has 0 aliphatic rings. The second-order valence-electron chi connectivity index (χ2n) is 4.13. The first-order chi connectivity index (χ1) is 9.54. The lowest BCUT2D eigenvalue weighted by molar-refractivity contribution is 0.598. The van der Waals surface area contributed by atoms with E-state index < -0.39 is 10.0 Å². The molecular weight excluding hydrogens is 276 g/mol. The lowest BCUT2D eigenvalue weighted by Gasteiger charge is -2.12. The van der Waals surface area contributed by atoms with Gasteiger partial charge in [-0.05, 0) is 38.1 Å². The molecule has 0 radical (unpaired) electrons. The van der Waals surface area contributed by atoms with Gasteiger partial charge in [-0.15, -0.1) is 0 Å². The summed E-state index contributed by atoms with van der Waals surface area (Å²) >= 11 is 0. The van der Waals surface area contributed by atoms with Crippen molar-refractivity contribution < 1.29 is 8.42 Å². The van der Waals surface area contributed by atoms with Crippen molar-refractivity contribution in [3.63, 3.8) is 0 Å². The van der Waals surface area contributed by atoms with Crippen molar-refractivity contribution in [2.24, 2.45) is 0 Å². The number of hydrogen-bond donors (Lipinski definition) is 2. The van der Waals surface area contributed by atoms with Gasteiger partial charge in [0.15, 0.2) is 5.03 Å². The zero-order valence-electron chi connectivity index (χ0n) is 11.3. The third-order valence-electron chi connectivity index (χ3n) is 2.64. The van der Waals surface area contributed by atoms with Gasteiger partial charge < -0.3 is 5.32 Å². The number of sulfonamides is 1. The van der Waals surface area contributed by atoms with Gasteiger partial charge in [-0.1, -0.05) is 0 Å². The van der Waals surface area contributed by atoms with Crippen molar-refractivity contribution in [2.75, 3.05) is 16.6 Å². The number of aryl methyl sites for hydroxylation is 1. The summed E-state index contributed by atoms with van der Waals surface area (Å²) < 4.78 is 27.3. The Hall–Kier alpha value is -2.15. The van der Waals surface area contributed by atoms with Crippen molar-refractivity contribution in [3.8, 4) is 0 Å². The molecule has 2 aromatic rings. The van der Waals surface area contributed by atoms with Crippen molar-refractivity contribution in [1.29, 1.82) is 0 Å². The minimum Gasteiger partial charge on any atom is -0.383 e. The van der Waals surface area contributed by atoms with Crippen LogP contribution in [-0.4, -0.2) is 24.9 Å². The van der Waals surface area contributed by atoms with E-state index in [0.717, 1.165) is 0 Å². The van der Waals surface area contributed by atoms with E-state index >= 15 is 0 Å². The zero-order valence-corrected chi connectivity index (χ0v) is 12.1. The van der Waals surface area contributed by atoms with Crippen LogP contribution in [0.25, 0.3) is 0 Å². The van der Waals surface area contributed by atoms with Crippen LogP contribution < -0.4 is 10.0 Å². The number of pyridine rings is 2. The van der Waals surface area contributed by atoms with Crippen molar-refractivity contribution in [2.45, 2.75) is 18.9 Å². The molecule has 2 N–H and O–H groups in total. The summed E-state index contributed by atoms with van der Waals surface area (Å²) in [6, 6.07) is 6.71. The Balaban J connectivity index is 2.39. The Morgan fingerprint density at radius 1 is 1.10 bits per heavy atom. The van der Waals surface area contributed by atoms with Crippen LogP contribution >= 0.6 is 0 Å². The summed E-state index contributed by atoms with van der Waals surface area (Å²) in [5.74, 6) is 0. The Morgan fingerprint density at radius 3 is 2.40 bits per heavy atom. The molecule has 0 amide bonds. The van der Waals surface area contributed by atoms with E-state index in [9.17, 15) is 8.42 Å². The molecule has 0 aliphatic heterocycles. The smallest absolute Gasteiger partial charge is 0.281 e. The number of hydrogen-bond acceptors (Lipinski definition) is 5. The molecule has 2 aromatic heterocycles. The van der Waals surface area contributed by atoms with E-state index in [1.54, 1.807) is 37.4 Å². The molecule has 0 atom stereocenters. The second-order valence-corrected chi connectivity index (χ2v) is 5.73. The average Bonchev–Trinajstić information content (AvgIpc) is 2.42. The molecule has 0 saturated heterocycles. The monoisotopic (exact) mass is 292 g/mol. The maximum atomic E-state index is 12.4. The van der Waals surface area contributed by atoms with Crippen molar-refractivity contribution >= 4 is 21.4 Å². The number of nitrogens with one attached hydrogen (secondary N) is 2. The fourth-order valence-corrected chi connectivity index (χ4v) is 2.95. The van der Waals surface area contributed by atoms with E-state index in [-0.39, 0.29) is 5.03 Å². The molecule has 2 rings (SSSR count). The van der Waals surface area contributed by atoms with Gasteiger partial charge in [-0.3, -0.25) is 9.71 Å². The van der Waals surface area contributed by atoms with Gasteiger partial charge in [0, 0.05) is 18.9 Å². The van der Waals surface area contributed by atoms with Crippen LogP contribution in [0.2, 0.25) is 0 Å². The highest BCUT2D eigenvalue weighted by Gasteiger charge is 2.20. The van der Waals surface area contributed by atoms with Crippen LogP contribution in [-0.2, 0) is 10.0 Å². The fourth-order valence-electron chi connectivity index (χ4n) is 1.72. The van der Waals surface area contributed by atoms with Crippen LogP contribution in [0.5, 0.6) is 0 Å². The van der Waals surface area contributed by atoms with Gasteiger partial charge in [0.2, 0.25) is 0 Å². The Morgan fingerprint density at radius 2 is 1.75 bits per heavy atom. The molecule has 106 valence electrons. The summed E-state index contributed by atoms with van der Waals surface area (Å²) in [6.07, 6.45) is 3.06. The van der Waals surface area contributed by atoms with Gasteiger partial charge in [0.1, 0.15) is 0 Å². The first kappa shape index (κ1) is 14.3. The molecule has 20 heavy (non-hydrogen) atoms. The lowest BCUT2D eigenvalue weighted by atomic mass is 10.3. The zero-order chi connectivity index (χ0) is 14.6. The third-order valence-corrected chi connectivity index (χ3v) is 3.97. The maximum Gasteiger partial charge on any atom is 0.281 e. The summed E-state index contributed by atoms with van der Waals surface area (Å²) in [4.78, 5) is 8.01. The van der Waals surface area contributed by atoms with Gasteiger partial charge in [0.05, 0.1) is 17.1 Å². The molecule has 0 bridgehead atoms. The Labute approximate surface area is 118 Å². The predicted octanol–water partition coefficient (Wildman–Crippen LogP) is 2.02. The molecule has 0 spiro atoms. The van der Waals surface area contributed by atoms with E-state index in [2.05, 4.69) is 20.0 Å². The third kappa shape index (κ3) is 3.05. The standard InChI is InChI=1S/C13H16N4O2S/c1-3-14-12-7-5-9-16-13(12)20(18,19)17-11-6-4-8-15-10(11)2/h4-9,14,17H,3H2,1-2H3. The predicted molar refractivity (Wildman–Crippen MR) is 78.2 cm³/mol. The SMILES string of the molecule is CCNc1cccnc1S(=O)(=O)Nc1cccnc1C. The quantitative estimate of drug-likeness (QED) is 0.880. The summed E-state index contributed by atoms with van der Waals surface area (Å²) in [7, 11) is -3.75. The van der Waals surface area contributed by atoms with Crippen molar-refractivity contribution in [1.82, 2.24) is 9.97 Å². The van der Waals surface area contributed by atoms with Gasteiger partial charge in [0.25, 0.3) is 10.0 Å². The Kier molecular flexibility index (Phi) is 4.19. The van der Waals surface area contributed by atoms with Gasteiger partial charge >= 0.3 is 0 Å². The van der Waals surface area contributed by atoms with Gasteiger partial charge in [-0.2, -0.15) is 8.42 Å². The van der Waals surface area contributed by atoms with Crippen molar-refractivity contribution in [3.05, 3.63) is 42.4 Å². The minimum absolute atomic E-state index is 0.0231. The highest BCUT2D eigenvalue weighted by Crippen LogP contribution is 2.22. The van der Waals surface area contributed by atoms with E-state index in [4.69, 9.17) is 0 Å². The summed E-state index contributed by atoms with van der Waals surface area (Å²) in [6.45, 7) is 4.24. The fraction of sp³-hybridized carbons (Fsp3) is 0.231. The van der Waals surface area contributed by atoms with E-state index in [1.807, 2.05) is 6.92 Å². The molecule has 0 saturated carbocycles. The normalized spacial score (nSPS) is 11.1. The van der Waals surface area contributed by atoms with Gasteiger partial charge in [-0.25, -0.2) is 4.98 Å². The largest absolute Gasteiger partial charge is 0.383 e. The molecule has 7 heteroatoms. The number of nitrogens with zero attached hydrogens (tertiary/aromatic N) is 2. The van der Waals surface area contributed by atoms with Crippen LogP contribution in [0.4, 0.5) is 11.4 Å². The number of aromatic nitrogens is 2. The minimum atomic E-state index is -3.75. The highest BCUT2D eigenvalue weighted by molar-refractivity contribution is 7.92. The first-order valence-corrected chi connectivity index (χ1v) is 7.66.